The molecule has 0 spiro atoms. The summed E-state index contributed by atoms with van der Waals surface area (Å²) in [4.78, 5) is 11.7. The van der Waals surface area contributed by atoms with Gasteiger partial charge < -0.3 is 9.73 Å². The lowest BCUT2D eigenvalue weighted by atomic mass is 10.2. The molecule has 2 N–H and O–H groups in total. The summed E-state index contributed by atoms with van der Waals surface area (Å²) in [5.74, 6) is 0.475. The maximum atomic E-state index is 11.7. The van der Waals surface area contributed by atoms with E-state index in [-0.39, 0.29) is 11.7 Å². The zero-order chi connectivity index (χ0) is 13.1. The Hall–Kier alpha value is -2.96. The molecule has 2 aromatic heterocycles. The van der Waals surface area contributed by atoms with Crippen LogP contribution in [0.15, 0.2) is 47.1 Å². The average Bonchev–Trinajstić information content (AvgIpc) is 3.13. The Balaban J connectivity index is 1.75. The van der Waals surface area contributed by atoms with Crippen LogP contribution in [0.5, 0.6) is 0 Å². The van der Waals surface area contributed by atoms with E-state index in [0.29, 0.717) is 11.5 Å². The van der Waals surface area contributed by atoms with E-state index in [4.69, 9.17) is 4.42 Å². The summed E-state index contributed by atoms with van der Waals surface area (Å²) in [6, 6.07) is 10.4. The maximum absolute atomic E-state index is 11.7. The Morgan fingerprint density at radius 3 is 2.68 bits per heavy atom. The van der Waals surface area contributed by atoms with Gasteiger partial charge in [0.1, 0.15) is 0 Å². The fraction of sp³-hybridized carbons (Fsp3) is 0. The largest absolute Gasteiger partial charge is 0.459 e. The number of carbonyl (C=O) groups is 1. The number of carbonyl (C=O) groups excluding carboxylic acids is 1. The van der Waals surface area contributed by atoms with Crippen molar-refractivity contribution in [1.82, 2.24) is 20.6 Å². The summed E-state index contributed by atoms with van der Waals surface area (Å²) in [5.41, 5.74) is 1.47. The van der Waals surface area contributed by atoms with Crippen molar-refractivity contribution in [3.8, 4) is 11.4 Å². The number of hydrogen-bond donors (Lipinski definition) is 2. The molecule has 0 saturated carbocycles. The van der Waals surface area contributed by atoms with Gasteiger partial charge in [0, 0.05) is 11.3 Å². The van der Waals surface area contributed by atoms with Gasteiger partial charge in [-0.1, -0.05) is 0 Å². The first kappa shape index (κ1) is 11.1. The first-order chi connectivity index (χ1) is 9.33. The van der Waals surface area contributed by atoms with Gasteiger partial charge in [0.05, 0.1) is 6.26 Å². The molecule has 94 valence electrons. The summed E-state index contributed by atoms with van der Waals surface area (Å²) >= 11 is 0. The molecule has 0 unspecified atom stereocenters. The molecular weight excluding hydrogens is 246 g/mol. The first-order valence-corrected chi connectivity index (χ1v) is 5.52. The van der Waals surface area contributed by atoms with Gasteiger partial charge in [-0.15, -0.1) is 10.2 Å². The van der Waals surface area contributed by atoms with Gasteiger partial charge in [-0.3, -0.25) is 4.79 Å². The molecule has 7 heteroatoms. The van der Waals surface area contributed by atoms with Crippen molar-refractivity contribution in [2.75, 3.05) is 5.32 Å². The lowest BCUT2D eigenvalue weighted by Gasteiger charge is -2.03. The van der Waals surface area contributed by atoms with Crippen LogP contribution < -0.4 is 5.32 Å². The highest BCUT2D eigenvalue weighted by molar-refractivity contribution is 6.02. The second kappa shape index (κ2) is 4.73. The molecule has 19 heavy (non-hydrogen) atoms. The van der Waals surface area contributed by atoms with Gasteiger partial charge in [-0.05, 0) is 41.6 Å². The van der Waals surface area contributed by atoms with Crippen molar-refractivity contribution in [2.45, 2.75) is 0 Å². The molecule has 0 saturated heterocycles. The Morgan fingerprint density at radius 1 is 1.21 bits per heavy atom. The van der Waals surface area contributed by atoms with Gasteiger partial charge in [0.2, 0.25) is 5.82 Å². The van der Waals surface area contributed by atoms with Crippen LogP contribution in [-0.4, -0.2) is 26.5 Å². The van der Waals surface area contributed by atoms with Gasteiger partial charge in [0.25, 0.3) is 5.91 Å². The summed E-state index contributed by atoms with van der Waals surface area (Å²) in [6.45, 7) is 0. The molecule has 3 rings (SSSR count). The highest BCUT2D eigenvalue weighted by Gasteiger charge is 2.09. The third-order valence-corrected chi connectivity index (χ3v) is 2.49. The molecule has 0 radical (unpaired) electrons. The van der Waals surface area contributed by atoms with E-state index in [9.17, 15) is 4.79 Å². The van der Waals surface area contributed by atoms with Crippen LogP contribution in [0.4, 0.5) is 5.69 Å². The summed E-state index contributed by atoms with van der Waals surface area (Å²) in [5, 5.41) is 16.3. The molecular formula is C12H9N5O2. The van der Waals surface area contributed by atoms with Crippen molar-refractivity contribution in [1.29, 1.82) is 0 Å². The highest BCUT2D eigenvalue weighted by Crippen LogP contribution is 2.17. The molecule has 3 aromatic rings. The summed E-state index contributed by atoms with van der Waals surface area (Å²) in [7, 11) is 0. The van der Waals surface area contributed by atoms with E-state index in [1.807, 2.05) is 0 Å². The van der Waals surface area contributed by atoms with E-state index in [2.05, 4.69) is 25.9 Å². The van der Waals surface area contributed by atoms with Crippen LogP contribution in [0.2, 0.25) is 0 Å². The topological polar surface area (TPSA) is 96.7 Å². The van der Waals surface area contributed by atoms with Gasteiger partial charge in [-0.2, -0.15) is 5.21 Å². The number of aromatic nitrogens is 4. The first-order valence-electron chi connectivity index (χ1n) is 5.52. The van der Waals surface area contributed by atoms with E-state index in [1.54, 1.807) is 36.4 Å². The SMILES string of the molecule is O=C(Nc1ccc(-c2nn[nH]n2)cc1)c1ccco1. The van der Waals surface area contributed by atoms with Crippen LogP contribution in [0.25, 0.3) is 11.4 Å². The summed E-state index contributed by atoms with van der Waals surface area (Å²) in [6.07, 6.45) is 1.45. The minimum Gasteiger partial charge on any atom is -0.459 e. The molecule has 0 bridgehead atoms. The maximum Gasteiger partial charge on any atom is 0.291 e. The van der Waals surface area contributed by atoms with Crippen LogP contribution >= 0.6 is 0 Å². The van der Waals surface area contributed by atoms with Crippen molar-refractivity contribution < 1.29 is 9.21 Å². The zero-order valence-corrected chi connectivity index (χ0v) is 9.70. The van der Waals surface area contributed by atoms with Gasteiger partial charge in [0.15, 0.2) is 5.76 Å². The normalized spacial score (nSPS) is 10.3. The average molecular weight is 255 g/mol. The molecule has 1 amide bonds. The van der Waals surface area contributed by atoms with Crippen molar-refractivity contribution in [3.63, 3.8) is 0 Å². The van der Waals surface area contributed by atoms with Crippen LogP contribution in [0, 0.1) is 0 Å². The number of nitrogens with zero attached hydrogens (tertiary/aromatic N) is 3. The number of benzene rings is 1. The number of tetrazole rings is 1. The smallest absolute Gasteiger partial charge is 0.291 e. The molecule has 0 aliphatic heterocycles. The minimum atomic E-state index is -0.294. The van der Waals surface area contributed by atoms with E-state index >= 15 is 0 Å². The zero-order valence-electron chi connectivity index (χ0n) is 9.70. The lowest BCUT2D eigenvalue weighted by Crippen LogP contribution is -2.10. The van der Waals surface area contributed by atoms with Crippen molar-refractivity contribution >= 4 is 11.6 Å². The molecule has 0 atom stereocenters. The molecule has 7 nitrogen and oxygen atoms in total. The number of hydrogen-bond acceptors (Lipinski definition) is 5. The Morgan fingerprint density at radius 2 is 2.05 bits per heavy atom. The van der Waals surface area contributed by atoms with E-state index in [0.717, 1.165) is 5.56 Å². The number of amides is 1. The predicted molar refractivity (Wildman–Crippen MR) is 66.3 cm³/mol. The number of H-pyrrole nitrogens is 1. The fourth-order valence-electron chi connectivity index (χ4n) is 1.59. The predicted octanol–water partition coefficient (Wildman–Crippen LogP) is 1.71. The fourth-order valence-corrected chi connectivity index (χ4v) is 1.59. The van der Waals surface area contributed by atoms with Crippen molar-refractivity contribution in [2.24, 2.45) is 0 Å². The number of furan rings is 1. The van der Waals surface area contributed by atoms with Crippen LogP contribution in [-0.2, 0) is 0 Å². The molecule has 0 aliphatic rings. The number of aromatic amines is 1. The standard InChI is InChI=1S/C12H9N5O2/c18-12(10-2-1-7-19-10)13-9-5-3-8(4-6-9)11-14-16-17-15-11/h1-7H,(H,13,18)(H,14,15,16,17). The van der Waals surface area contributed by atoms with Crippen molar-refractivity contribution in [3.05, 3.63) is 48.4 Å². The molecule has 2 heterocycles. The quantitative estimate of drug-likeness (QED) is 0.742. The van der Waals surface area contributed by atoms with Gasteiger partial charge in [-0.25, -0.2) is 0 Å². The second-order valence-corrected chi connectivity index (χ2v) is 3.74. The number of rotatable bonds is 3. The van der Waals surface area contributed by atoms with E-state index in [1.165, 1.54) is 6.26 Å². The Kier molecular flexibility index (Phi) is 2.77. The third-order valence-electron chi connectivity index (χ3n) is 2.49. The minimum absolute atomic E-state index is 0.266. The van der Waals surface area contributed by atoms with Crippen LogP contribution in [0.3, 0.4) is 0 Å². The number of nitrogens with one attached hydrogen (secondary N) is 2. The highest BCUT2D eigenvalue weighted by atomic mass is 16.3. The Labute approximate surface area is 107 Å². The van der Waals surface area contributed by atoms with Gasteiger partial charge >= 0.3 is 0 Å². The molecule has 0 aliphatic carbocycles. The molecule has 0 fully saturated rings. The Bertz CT molecular complexity index is 659. The van der Waals surface area contributed by atoms with Crippen LogP contribution in [0.1, 0.15) is 10.6 Å². The monoisotopic (exact) mass is 255 g/mol. The number of anilines is 1. The third kappa shape index (κ3) is 2.34. The second-order valence-electron chi connectivity index (χ2n) is 3.74. The summed E-state index contributed by atoms with van der Waals surface area (Å²) < 4.78 is 5.01. The molecule has 1 aromatic carbocycles. The lowest BCUT2D eigenvalue weighted by molar-refractivity contribution is 0.0996. The van der Waals surface area contributed by atoms with E-state index < -0.39 is 0 Å².